The molecule has 60 valence electrons. The average Bonchev–Trinajstić information content (AvgIpc) is 1.92. The maximum absolute atomic E-state index is 4.01. The molecule has 0 unspecified atom stereocenters. The molecule has 1 heteroatoms. The van der Waals surface area contributed by atoms with Crippen LogP contribution in [0.3, 0.4) is 0 Å². The van der Waals surface area contributed by atoms with Crippen molar-refractivity contribution < 1.29 is 4.48 Å². The van der Waals surface area contributed by atoms with Gasteiger partial charge in [0.15, 0.2) is 0 Å². The minimum absolute atomic E-state index is 1.07. The zero-order chi connectivity index (χ0) is 8.20. The molecule has 0 aromatic carbocycles. The van der Waals surface area contributed by atoms with Crippen molar-refractivity contribution in [2.45, 2.75) is 27.7 Å². The number of quaternary nitrogens is 1. The molecule has 0 aromatic heterocycles. The monoisotopic (exact) mass is 142 g/mol. The van der Waals surface area contributed by atoms with Gasteiger partial charge in [-0.3, -0.25) is 4.48 Å². The summed E-state index contributed by atoms with van der Waals surface area (Å²) in [5, 5.41) is 0. The van der Waals surface area contributed by atoms with Crippen molar-refractivity contribution >= 4 is 0 Å². The van der Waals surface area contributed by atoms with E-state index in [0.29, 0.717) is 0 Å². The molecular formula is C9H20N+. The first-order valence-corrected chi connectivity index (χ1v) is 4.15. The summed E-state index contributed by atoms with van der Waals surface area (Å²) in [5.74, 6) is 0. The molecule has 0 radical (unpaired) electrons. The van der Waals surface area contributed by atoms with Crippen molar-refractivity contribution in [3.05, 3.63) is 12.3 Å². The van der Waals surface area contributed by atoms with Crippen LogP contribution in [0.5, 0.6) is 0 Å². The van der Waals surface area contributed by atoms with E-state index in [4.69, 9.17) is 0 Å². The molecule has 0 aromatic rings. The normalized spacial score (nSPS) is 11.6. The second kappa shape index (κ2) is 3.77. The maximum atomic E-state index is 4.01. The Balaban J connectivity index is 4.31. The molecule has 0 atom stereocenters. The van der Waals surface area contributed by atoms with Gasteiger partial charge in [-0.1, -0.05) is 0 Å². The van der Waals surface area contributed by atoms with Crippen LogP contribution >= 0.6 is 0 Å². The zero-order valence-electron chi connectivity index (χ0n) is 7.78. The van der Waals surface area contributed by atoms with Gasteiger partial charge < -0.3 is 0 Å². The van der Waals surface area contributed by atoms with Crippen molar-refractivity contribution in [3.63, 3.8) is 0 Å². The van der Waals surface area contributed by atoms with E-state index in [0.717, 1.165) is 4.48 Å². The Morgan fingerprint density at radius 3 is 1.40 bits per heavy atom. The molecule has 0 bridgehead atoms. The molecule has 0 amide bonds. The van der Waals surface area contributed by atoms with Crippen LogP contribution in [0.1, 0.15) is 27.7 Å². The number of hydrogen-bond acceptors (Lipinski definition) is 0. The van der Waals surface area contributed by atoms with E-state index in [1.54, 1.807) is 0 Å². The third-order valence-corrected chi connectivity index (χ3v) is 2.63. The lowest BCUT2D eigenvalue weighted by atomic mass is 10.3. The number of hydrogen-bond donors (Lipinski definition) is 0. The molecular weight excluding hydrogens is 122 g/mol. The highest BCUT2D eigenvalue weighted by atomic mass is 15.3. The van der Waals surface area contributed by atoms with Gasteiger partial charge in [0.05, 0.1) is 25.3 Å². The molecule has 0 aliphatic rings. The molecule has 0 rings (SSSR count). The molecule has 0 fully saturated rings. The van der Waals surface area contributed by atoms with E-state index < -0.39 is 0 Å². The Morgan fingerprint density at radius 2 is 1.40 bits per heavy atom. The number of allylic oxidation sites excluding steroid dienone is 1. The second-order valence-corrected chi connectivity index (χ2v) is 2.83. The summed E-state index contributed by atoms with van der Waals surface area (Å²) in [6, 6.07) is 0. The molecule has 0 aliphatic heterocycles. The maximum Gasteiger partial charge on any atom is 0.0983 e. The van der Waals surface area contributed by atoms with Gasteiger partial charge in [-0.15, -0.1) is 0 Å². The van der Waals surface area contributed by atoms with Gasteiger partial charge in [-0.2, -0.15) is 0 Å². The first kappa shape index (κ1) is 9.70. The summed E-state index contributed by atoms with van der Waals surface area (Å²) >= 11 is 0. The van der Waals surface area contributed by atoms with Crippen LogP contribution in [-0.2, 0) is 0 Å². The molecule has 0 N–H and O–H groups in total. The molecule has 0 saturated heterocycles. The van der Waals surface area contributed by atoms with Gasteiger partial charge in [0.2, 0.25) is 0 Å². The van der Waals surface area contributed by atoms with Crippen molar-refractivity contribution in [1.82, 2.24) is 0 Å². The lowest BCUT2D eigenvalue weighted by Gasteiger charge is -2.35. The molecule has 10 heavy (non-hydrogen) atoms. The smallest absolute Gasteiger partial charge is 0.0983 e. The lowest BCUT2D eigenvalue weighted by molar-refractivity contribution is -0.886. The van der Waals surface area contributed by atoms with Gasteiger partial charge in [-0.25, -0.2) is 0 Å². The SMILES string of the molecule is C=C(C)[N+](CC)(CC)CC. The minimum atomic E-state index is 1.07. The second-order valence-electron chi connectivity index (χ2n) is 2.83. The Hall–Kier alpha value is -0.300. The fourth-order valence-corrected chi connectivity index (χ4v) is 1.48. The minimum Gasteiger partial charge on any atom is -0.296 e. The first-order valence-electron chi connectivity index (χ1n) is 4.15. The Kier molecular flexibility index (Phi) is 3.66. The predicted molar refractivity (Wildman–Crippen MR) is 46.7 cm³/mol. The Labute approximate surface area is 64.9 Å². The highest BCUT2D eigenvalue weighted by molar-refractivity contribution is 4.76. The summed E-state index contributed by atoms with van der Waals surface area (Å²) in [6.45, 7) is 16.3. The van der Waals surface area contributed by atoms with Crippen molar-refractivity contribution in [2.75, 3.05) is 19.6 Å². The van der Waals surface area contributed by atoms with Crippen LogP contribution in [0.15, 0.2) is 12.3 Å². The van der Waals surface area contributed by atoms with Crippen molar-refractivity contribution in [1.29, 1.82) is 0 Å². The van der Waals surface area contributed by atoms with Crippen LogP contribution < -0.4 is 0 Å². The van der Waals surface area contributed by atoms with E-state index in [2.05, 4.69) is 34.3 Å². The van der Waals surface area contributed by atoms with Gasteiger partial charge in [0.1, 0.15) is 0 Å². The van der Waals surface area contributed by atoms with E-state index >= 15 is 0 Å². The molecule has 0 aliphatic carbocycles. The fourth-order valence-electron chi connectivity index (χ4n) is 1.48. The van der Waals surface area contributed by atoms with Crippen LogP contribution in [0.2, 0.25) is 0 Å². The third-order valence-electron chi connectivity index (χ3n) is 2.63. The van der Waals surface area contributed by atoms with Gasteiger partial charge >= 0.3 is 0 Å². The summed E-state index contributed by atoms with van der Waals surface area (Å²) in [5.41, 5.74) is 1.28. The fraction of sp³-hybridized carbons (Fsp3) is 0.778. The number of rotatable bonds is 4. The van der Waals surface area contributed by atoms with Crippen LogP contribution in [0.4, 0.5) is 0 Å². The van der Waals surface area contributed by atoms with E-state index in [9.17, 15) is 0 Å². The van der Waals surface area contributed by atoms with Crippen LogP contribution in [0.25, 0.3) is 0 Å². The number of nitrogens with zero attached hydrogens (tertiary/aromatic N) is 1. The van der Waals surface area contributed by atoms with Gasteiger partial charge in [-0.05, 0) is 27.4 Å². The van der Waals surface area contributed by atoms with Crippen molar-refractivity contribution in [3.8, 4) is 0 Å². The highest BCUT2D eigenvalue weighted by Gasteiger charge is 2.21. The Bertz CT molecular complexity index is 104. The quantitative estimate of drug-likeness (QED) is 0.529. The molecule has 0 saturated carbocycles. The highest BCUT2D eigenvalue weighted by Crippen LogP contribution is 2.13. The van der Waals surface area contributed by atoms with E-state index in [1.165, 1.54) is 25.3 Å². The third kappa shape index (κ3) is 1.60. The Morgan fingerprint density at radius 1 is 1.10 bits per heavy atom. The lowest BCUT2D eigenvalue weighted by Crippen LogP contribution is -2.45. The summed E-state index contributed by atoms with van der Waals surface area (Å²) in [6.07, 6.45) is 0. The summed E-state index contributed by atoms with van der Waals surface area (Å²) in [4.78, 5) is 0. The topological polar surface area (TPSA) is 0 Å². The molecule has 0 heterocycles. The average molecular weight is 142 g/mol. The largest absolute Gasteiger partial charge is 0.296 e. The van der Waals surface area contributed by atoms with Crippen LogP contribution in [0, 0.1) is 0 Å². The van der Waals surface area contributed by atoms with E-state index in [1.807, 2.05) is 0 Å². The summed E-state index contributed by atoms with van der Waals surface area (Å²) in [7, 11) is 0. The first-order chi connectivity index (χ1) is 4.63. The standard InChI is InChI=1S/C9H20N/c1-6-10(7-2,8-3)9(4)5/h4,6-8H2,1-3,5H3/q+1. The van der Waals surface area contributed by atoms with Gasteiger partial charge in [0, 0.05) is 6.92 Å². The molecule has 0 spiro atoms. The summed E-state index contributed by atoms with van der Waals surface area (Å²) < 4.78 is 1.07. The van der Waals surface area contributed by atoms with E-state index in [-0.39, 0.29) is 0 Å². The molecule has 1 nitrogen and oxygen atoms in total. The zero-order valence-corrected chi connectivity index (χ0v) is 7.78. The van der Waals surface area contributed by atoms with Crippen molar-refractivity contribution in [2.24, 2.45) is 0 Å². The predicted octanol–water partition coefficient (Wildman–Crippen LogP) is 2.40. The van der Waals surface area contributed by atoms with Crippen LogP contribution in [-0.4, -0.2) is 24.1 Å². The van der Waals surface area contributed by atoms with Gasteiger partial charge in [0.25, 0.3) is 0 Å².